The van der Waals surface area contributed by atoms with Gasteiger partial charge in [0.05, 0.1) is 33.6 Å². The van der Waals surface area contributed by atoms with Crippen molar-refractivity contribution in [2.75, 3.05) is 7.11 Å². The van der Waals surface area contributed by atoms with Crippen molar-refractivity contribution in [2.45, 2.75) is 6.42 Å². The van der Waals surface area contributed by atoms with Crippen LogP contribution in [0.15, 0.2) is 35.3 Å². The maximum atomic E-state index is 12.2. The van der Waals surface area contributed by atoms with E-state index in [1.165, 1.54) is 29.8 Å². The third-order valence-electron chi connectivity index (χ3n) is 3.41. The molecule has 24 heavy (non-hydrogen) atoms. The monoisotopic (exact) mass is 380 g/mol. The quantitative estimate of drug-likeness (QED) is 0.654. The smallest absolute Gasteiger partial charge is 0.337 e. The maximum absolute atomic E-state index is 12.2. The lowest BCUT2D eigenvalue weighted by Crippen LogP contribution is -2.13. The number of nitrogens with zero attached hydrogens (tertiary/aromatic N) is 2. The van der Waals surface area contributed by atoms with Crippen LogP contribution in [0.25, 0.3) is 10.2 Å². The van der Waals surface area contributed by atoms with Crippen LogP contribution in [0.3, 0.4) is 0 Å². The molecule has 0 atom stereocenters. The van der Waals surface area contributed by atoms with Crippen molar-refractivity contribution >= 4 is 56.4 Å². The van der Waals surface area contributed by atoms with Crippen LogP contribution >= 0.6 is 34.3 Å². The highest BCUT2D eigenvalue weighted by Crippen LogP contribution is 2.22. The Morgan fingerprint density at radius 3 is 2.71 bits per heavy atom. The van der Waals surface area contributed by atoms with E-state index >= 15 is 0 Å². The number of thiophene rings is 1. The van der Waals surface area contributed by atoms with E-state index in [2.05, 4.69) is 4.99 Å². The van der Waals surface area contributed by atoms with E-state index in [1.54, 1.807) is 18.2 Å². The minimum atomic E-state index is -0.392. The van der Waals surface area contributed by atoms with Crippen molar-refractivity contribution in [2.24, 2.45) is 12.0 Å². The van der Waals surface area contributed by atoms with Crippen LogP contribution in [-0.2, 0) is 23.0 Å². The number of aromatic nitrogens is 1. The van der Waals surface area contributed by atoms with Crippen LogP contribution in [0, 0.1) is 0 Å². The van der Waals surface area contributed by atoms with E-state index in [0.29, 0.717) is 14.7 Å². The second-order valence-corrected chi connectivity index (χ2v) is 7.81. The summed E-state index contributed by atoms with van der Waals surface area (Å²) in [6.07, 6.45) is 0.221. The maximum Gasteiger partial charge on any atom is 0.337 e. The number of methoxy groups -OCH3 is 1. The summed E-state index contributed by atoms with van der Waals surface area (Å²) in [6, 6.07) is 8.85. The molecule has 0 radical (unpaired) electrons. The Bertz CT molecular complexity index is 1000. The first-order valence-electron chi connectivity index (χ1n) is 6.97. The first-order chi connectivity index (χ1) is 11.5. The Balaban J connectivity index is 1.95. The molecule has 1 aromatic carbocycles. The molecule has 2 aromatic heterocycles. The van der Waals surface area contributed by atoms with Crippen molar-refractivity contribution in [3.8, 4) is 0 Å². The van der Waals surface area contributed by atoms with Gasteiger partial charge in [-0.1, -0.05) is 22.9 Å². The van der Waals surface area contributed by atoms with Gasteiger partial charge in [0, 0.05) is 11.9 Å². The van der Waals surface area contributed by atoms with Crippen LogP contribution in [0.5, 0.6) is 0 Å². The molecule has 0 N–H and O–H groups in total. The van der Waals surface area contributed by atoms with Crippen LogP contribution in [0.1, 0.15) is 15.2 Å². The minimum Gasteiger partial charge on any atom is -0.465 e. The molecule has 1 amide bonds. The molecule has 124 valence electrons. The molecule has 2 heterocycles. The van der Waals surface area contributed by atoms with E-state index in [4.69, 9.17) is 16.3 Å². The highest BCUT2D eigenvalue weighted by molar-refractivity contribution is 7.16. The van der Waals surface area contributed by atoms with Gasteiger partial charge >= 0.3 is 5.97 Å². The number of hydrogen-bond acceptors (Lipinski definition) is 5. The van der Waals surface area contributed by atoms with Crippen LogP contribution in [-0.4, -0.2) is 23.6 Å². The van der Waals surface area contributed by atoms with Crippen LogP contribution in [0.4, 0.5) is 0 Å². The molecule has 0 saturated heterocycles. The molecule has 0 bridgehead atoms. The normalized spacial score (nSPS) is 11.9. The summed E-state index contributed by atoms with van der Waals surface area (Å²) in [5.41, 5.74) is 1.37. The van der Waals surface area contributed by atoms with Gasteiger partial charge in [0.25, 0.3) is 5.91 Å². The van der Waals surface area contributed by atoms with Crippen LogP contribution < -0.4 is 4.80 Å². The lowest BCUT2D eigenvalue weighted by atomic mass is 10.2. The molecule has 0 fully saturated rings. The molecule has 0 aliphatic carbocycles. The summed E-state index contributed by atoms with van der Waals surface area (Å²) in [5.74, 6) is -0.624. The fourth-order valence-corrected chi connectivity index (χ4v) is 4.38. The summed E-state index contributed by atoms with van der Waals surface area (Å²) in [7, 11) is 3.18. The molecule has 0 aliphatic heterocycles. The second kappa shape index (κ2) is 6.88. The van der Waals surface area contributed by atoms with Gasteiger partial charge in [-0.05, 0) is 30.3 Å². The SMILES string of the molecule is COC(=O)c1ccc2c(c1)sc(=NC(=O)Cc1ccc(Cl)s1)n2C. The molecular weight excluding hydrogens is 368 g/mol. The lowest BCUT2D eigenvalue weighted by molar-refractivity contribution is -0.117. The largest absolute Gasteiger partial charge is 0.465 e. The molecule has 0 unspecified atom stereocenters. The number of thiazole rings is 1. The van der Waals surface area contributed by atoms with E-state index < -0.39 is 5.97 Å². The lowest BCUT2D eigenvalue weighted by Gasteiger charge is -1.99. The second-order valence-electron chi connectivity index (χ2n) is 5.01. The van der Waals surface area contributed by atoms with Gasteiger partial charge in [0.2, 0.25) is 0 Å². The number of hydrogen-bond donors (Lipinski definition) is 0. The number of esters is 1. The average molecular weight is 381 g/mol. The zero-order chi connectivity index (χ0) is 17.3. The predicted molar refractivity (Wildman–Crippen MR) is 95.7 cm³/mol. The summed E-state index contributed by atoms with van der Waals surface area (Å²) >= 11 is 8.60. The van der Waals surface area contributed by atoms with Crippen molar-refractivity contribution in [3.05, 3.63) is 49.9 Å². The number of carbonyl (C=O) groups excluding carboxylic acids is 2. The van der Waals surface area contributed by atoms with Crippen molar-refractivity contribution in [1.82, 2.24) is 4.57 Å². The molecule has 0 saturated carbocycles. The number of halogens is 1. The first kappa shape index (κ1) is 16.9. The number of amides is 1. The molecule has 5 nitrogen and oxygen atoms in total. The fraction of sp³-hybridized carbons (Fsp3) is 0.188. The summed E-state index contributed by atoms with van der Waals surface area (Å²) in [4.78, 5) is 29.4. The van der Waals surface area contributed by atoms with Crippen LogP contribution in [0.2, 0.25) is 4.34 Å². The van der Waals surface area contributed by atoms with E-state index in [-0.39, 0.29) is 12.3 Å². The third-order valence-corrected chi connectivity index (χ3v) is 5.73. The van der Waals surface area contributed by atoms with Crippen molar-refractivity contribution in [3.63, 3.8) is 0 Å². The highest BCUT2D eigenvalue weighted by atomic mass is 35.5. The zero-order valence-electron chi connectivity index (χ0n) is 12.9. The fourth-order valence-electron chi connectivity index (χ4n) is 2.23. The van der Waals surface area contributed by atoms with E-state index in [1.807, 2.05) is 23.7 Å². The average Bonchev–Trinajstić information content (AvgIpc) is 3.10. The number of carbonyl (C=O) groups is 2. The molecule has 0 spiro atoms. The summed E-state index contributed by atoms with van der Waals surface area (Å²) in [6.45, 7) is 0. The van der Waals surface area contributed by atoms with Crippen molar-refractivity contribution < 1.29 is 14.3 Å². The number of fused-ring (bicyclic) bond motifs is 1. The van der Waals surface area contributed by atoms with Crippen molar-refractivity contribution in [1.29, 1.82) is 0 Å². The Hall–Kier alpha value is -1.96. The molecular formula is C16H13ClN2O3S2. The van der Waals surface area contributed by atoms with Gasteiger partial charge in [-0.2, -0.15) is 4.99 Å². The van der Waals surface area contributed by atoms with E-state index in [9.17, 15) is 9.59 Å². The molecule has 8 heteroatoms. The van der Waals surface area contributed by atoms with Gasteiger partial charge in [-0.25, -0.2) is 4.79 Å². The third kappa shape index (κ3) is 3.43. The van der Waals surface area contributed by atoms with Gasteiger partial charge in [0.15, 0.2) is 4.80 Å². The Morgan fingerprint density at radius 1 is 1.25 bits per heavy atom. The highest BCUT2D eigenvalue weighted by Gasteiger charge is 2.11. The molecule has 3 aromatic rings. The molecule has 0 aliphatic rings. The van der Waals surface area contributed by atoms with Gasteiger partial charge in [-0.15, -0.1) is 11.3 Å². The van der Waals surface area contributed by atoms with Gasteiger partial charge in [-0.3, -0.25) is 4.79 Å². The Kier molecular flexibility index (Phi) is 4.84. The number of ether oxygens (including phenoxy) is 1. The number of rotatable bonds is 3. The topological polar surface area (TPSA) is 60.7 Å². The van der Waals surface area contributed by atoms with E-state index in [0.717, 1.165) is 15.1 Å². The predicted octanol–water partition coefficient (Wildman–Crippen LogP) is 3.41. The Labute approximate surface area is 150 Å². The Morgan fingerprint density at radius 2 is 2.04 bits per heavy atom. The summed E-state index contributed by atoms with van der Waals surface area (Å²) in [5, 5.41) is 0. The zero-order valence-corrected chi connectivity index (χ0v) is 15.3. The molecule has 3 rings (SSSR count). The van der Waals surface area contributed by atoms with Gasteiger partial charge in [0.1, 0.15) is 0 Å². The van der Waals surface area contributed by atoms with Gasteiger partial charge < -0.3 is 9.30 Å². The minimum absolute atomic E-state index is 0.221. The first-order valence-corrected chi connectivity index (χ1v) is 8.98. The summed E-state index contributed by atoms with van der Waals surface area (Å²) < 4.78 is 8.08. The number of aryl methyl sites for hydroxylation is 1. The standard InChI is InChI=1S/C16H13ClN2O3S2/c1-19-11-5-3-9(15(21)22-2)7-12(11)24-16(19)18-14(20)8-10-4-6-13(17)23-10/h3-7H,8H2,1-2H3. The number of benzene rings is 1.